The molecule has 2 aromatic rings. The number of alkyl halides is 1. The Hall–Kier alpha value is -1.10. The van der Waals surface area contributed by atoms with E-state index in [9.17, 15) is 4.79 Å². The maximum atomic E-state index is 12.1. The van der Waals surface area contributed by atoms with Crippen LogP contribution in [0.3, 0.4) is 0 Å². The lowest BCUT2D eigenvalue weighted by Gasteiger charge is -2.02. The van der Waals surface area contributed by atoms with Crippen LogP contribution < -0.4 is 5.32 Å². The van der Waals surface area contributed by atoms with Gasteiger partial charge in [-0.25, -0.2) is 0 Å². The van der Waals surface area contributed by atoms with Crippen molar-refractivity contribution in [3.8, 4) is 0 Å². The topological polar surface area (TPSA) is 29.1 Å². The highest BCUT2D eigenvalue weighted by Crippen LogP contribution is 2.35. The minimum Gasteiger partial charge on any atom is -0.321 e. The molecule has 2 heterocycles. The van der Waals surface area contributed by atoms with E-state index < -0.39 is 0 Å². The number of amides is 1. The van der Waals surface area contributed by atoms with E-state index in [0.717, 1.165) is 31.9 Å². The second-order valence-corrected chi connectivity index (χ2v) is 7.35. The molecular formula is C15H11BrClNOS. The van der Waals surface area contributed by atoms with Crippen molar-refractivity contribution in [2.75, 3.05) is 11.2 Å². The van der Waals surface area contributed by atoms with Crippen molar-refractivity contribution in [3.05, 3.63) is 50.1 Å². The standard InChI is InChI=1S/C15H11BrClNOS/c16-14-4-2-10(20-14)8-12-11-7-9(5-6-17)1-3-13(11)18-15(12)19/h1-4,7-8H,5-6H2,(H,18,19). The van der Waals surface area contributed by atoms with Gasteiger partial charge in [-0.1, -0.05) is 6.07 Å². The zero-order chi connectivity index (χ0) is 14.1. The van der Waals surface area contributed by atoms with E-state index in [0.29, 0.717) is 11.5 Å². The van der Waals surface area contributed by atoms with E-state index in [2.05, 4.69) is 21.2 Å². The average molecular weight is 369 g/mol. The Morgan fingerprint density at radius 3 is 2.85 bits per heavy atom. The van der Waals surface area contributed by atoms with Gasteiger partial charge >= 0.3 is 0 Å². The van der Waals surface area contributed by atoms with Crippen LogP contribution in [0.4, 0.5) is 5.69 Å². The third-order valence-electron chi connectivity index (χ3n) is 3.13. The molecule has 0 fully saturated rings. The quantitative estimate of drug-likeness (QED) is 0.613. The number of thiophene rings is 1. The molecule has 0 spiro atoms. The van der Waals surface area contributed by atoms with Crippen molar-refractivity contribution in [1.82, 2.24) is 0 Å². The number of fused-ring (bicyclic) bond motifs is 1. The molecule has 2 nitrogen and oxygen atoms in total. The van der Waals surface area contributed by atoms with Gasteiger partial charge in [-0.15, -0.1) is 22.9 Å². The highest BCUT2D eigenvalue weighted by molar-refractivity contribution is 9.11. The van der Waals surface area contributed by atoms with Crippen LogP contribution in [0.2, 0.25) is 0 Å². The summed E-state index contributed by atoms with van der Waals surface area (Å²) in [6.45, 7) is 0. The number of carbonyl (C=O) groups excluding carboxylic acids is 1. The zero-order valence-corrected chi connectivity index (χ0v) is 13.6. The molecule has 1 aromatic carbocycles. The number of nitrogens with one attached hydrogen (secondary N) is 1. The van der Waals surface area contributed by atoms with Crippen LogP contribution in [0.1, 0.15) is 16.0 Å². The summed E-state index contributed by atoms with van der Waals surface area (Å²) in [5.74, 6) is 0.532. The third kappa shape index (κ3) is 2.68. The minimum absolute atomic E-state index is 0.0486. The molecule has 1 aromatic heterocycles. The van der Waals surface area contributed by atoms with Crippen LogP contribution in [0.25, 0.3) is 11.6 Å². The van der Waals surface area contributed by atoms with Crippen molar-refractivity contribution < 1.29 is 4.79 Å². The van der Waals surface area contributed by atoms with Gasteiger partial charge in [0.05, 0.1) is 9.36 Å². The van der Waals surface area contributed by atoms with E-state index in [1.807, 2.05) is 36.4 Å². The molecule has 0 bridgehead atoms. The third-order valence-corrected chi connectivity index (χ3v) is 4.89. The lowest BCUT2D eigenvalue weighted by Crippen LogP contribution is -2.03. The summed E-state index contributed by atoms with van der Waals surface area (Å²) in [5.41, 5.74) is 3.69. The van der Waals surface area contributed by atoms with Crippen LogP contribution >= 0.6 is 38.9 Å². The SMILES string of the molecule is O=C1Nc2ccc(CCCl)cc2C1=Cc1ccc(Br)s1. The number of benzene rings is 1. The first kappa shape index (κ1) is 13.9. The molecule has 0 unspecified atom stereocenters. The Kier molecular flexibility index (Phi) is 3.96. The maximum Gasteiger partial charge on any atom is 0.256 e. The predicted molar refractivity (Wildman–Crippen MR) is 89.4 cm³/mol. The van der Waals surface area contributed by atoms with Gasteiger partial charge in [-0.05, 0) is 58.3 Å². The average Bonchev–Trinajstić information content (AvgIpc) is 2.96. The van der Waals surface area contributed by atoms with Crippen LogP contribution in [-0.2, 0) is 11.2 Å². The molecule has 0 atom stereocenters. The summed E-state index contributed by atoms with van der Waals surface area (Å²) in [5, 5.41) is 2.90. The molecule has 5 heteroatoms. The number of hydrogen-bond donors (Lipinski definition) is 1. The van der Waals surface area contributed by atoms with Crippen molar-refractivity contribution in [3.63, 3.8) is 0 Å². The van der Waals surface area contributed by atoms with E-state index in [1.165, 1.54) is 0 Å². The van der Waals surface area contributed by atoms with E-state index in [4.69, 9.17) is 11.6 Å². The number of hydrogen-bond acceptors (Lipinski definition) is 2. The summed E-state index contributed by atoms with van der Waals surface area (Å²) in [4.78, 5) is 13.2. The molecule has 0 radical (unpaired) electrons. The number of rotatable bonds is 3. The number of anilines is 1. The highest BCUT2D eigenvalue weighted by atomic mass is 79.9. The summed E-state index contributed by atoms with van der Waals surface area (Å²) in [7, 11) is 0. The number of carbonyl (C=O) groups is 1. The highest BCUT2D eigenvalue weighted by Gasteiger charge is 2.24. The van der Waals surface area contributed by atoms with Crippen LogP contribution in [0.15, 0.2) is 34.1 Å². The fourth-order valence-corrected chi connectivity index (χ4v) is 3.78. The Morgan fingerprint density at radius 1 is 1.30 bits per heavy atom. The minimum atomic E-state index is -0.0486. The number of halogens is 2. The van der Waals surface area contributed by atoms with Gasteiger partial charge in [0.25, 0.3) is 5.91 Å². The van der Waals surface area contributed by atoms with Gasteiger partial charge in [0.1, 0.15) is 0 Å². The van der Waals surface area contributed by atoms with Gasteiger partial charge in [0.2, 0.25) is 0 Å². The van der Waals surface area contributed by atoms with E-state index in [-0.39, 0.29) is 5.91 Å². The summed E-state index contributed by atoms with van der Waals surface area (Å²) >= 11 is 10.8. The van der Waals surface area contributed by atoms with Crippen molar-refractivity contribution in [1.29, 1.82) is 0 Å². The van der Waals surface area contributed by atoms with Gasteiger partial charge in [-0.2, -0.15) is 0 Å². The van der Waals surface area contributed by atoms with E-state index in [1.54, 1.807) is 11.3 Å². The molecule has 1 amide bonds. The smallest absolute Gasteiger partial charge is 0.256 e. The Balaban J connectivity index is 2.03. The Labute approximate surface area is 134 Å². The van der Waals surface area contributed by atoms with E-state index >= 15 is 0 Å². The van der Waals surface area contributed by atoms with Gasteiger partial charge in [0.15, 0.2) is 0 Å². The molecule has 1 N–H and O–H groups in total. The molecule has 20 heavy (non-hydrogen) atoms. The first-order chi connectivity index (χ1) is 9.67. The van der Waals surface area contributed by atoms with Crippen LogP contribution in [-0.4, -0.2) is 11.8 Å². The van der Waals surface area contributed by atoms with Crippen molar-refractivity contribution >= 4 is 62.1 Å². The monoisotopic (exact) mass is 367 g/mol. The first-order valence-electron chi connectivity index (χ1n) is 6.15. The summed E-state index contributed by atoms with van der Waals surface area (Å²) in [6, 6.07) is 9.97. The Morgan fingerprint density at radius 2 is 2.15 bits per heavy atom. The Bertz CT molecular complexity index is 708. The maximum absolute atomic E-state index is 12.1. The van der Waals surface area contributed by atoms with Crippen molar-refractivity contribution in [2.45, 2.75) is 6.42 Å². The largest absolute Gasteiger partial charge is 0.321 e. The number of aryl methyl sites for hydroxylation is 1. The summed E-state index contributed by atoms with van der Waals surface area (Å²) < 4.78 is 1.05. The lowest BCUT2D eigenvalue weighted by molar-refractivity contribution is -0.110. The van der Waals surface area contributed by atoms with Crippen LogP contribution in [0, 0.1) is 0 Å². The van der Waals surface area contributed by atoms with Crippen molar-refractivity contribution in [2.24, 2.45) is 0 Å². The molecule has 1 aliphatic rings. The first-order valence-corrected chi connectivity index (χ1v) is 8.29. The molecule has 0 saturated carbocycles. The molecule has 3 rings (SSSR count). The molecular weight excluding hydrogens is 358 g/mol. The molecule has 0 aliphatic carbocycles. The molecule has 1 aliphatic heterocycles. The van der Waals surface area contributed by atoms with Gasteiger partial charge in [-0.3, -0.25) is 4.79 Å². The summed E-state index contributed by atoms with van der Waals surface area (Å²) in [6.07, 6.45) is 2.74. The van der Waals surface area contributed by atoms with Crippen LogP contribution in [0.5, 0.6) is 0 Å². The van der Waals surface area contributed by atoms with Gasteiger partial charge < -0.3 is 5.32 Å². The fraction of sp³-hybridized carbons (Fsp3) is 0.133. The zero-order valence-electron chi connectivity index (χ0n) is 10.5. The van der Waals surface area contributed by atoms with Gasteiger partial charge in [0, 0.05) is 22.0 Å². The second kappa shape index (κ2) is 5.72. The second-order valence-electron chi connectivity index (χ2n) is 4.47. The molecule has 102 valence electrons. The normalized spacial score (nSPS) is 15.5. The molecule has 0 saturated heterocycles. The predicted octanol–water partition coefficient (Wildman–Crippen LogP) is 4.78. The fourth-order valence-electron chi connectivity index (χ4n) is 2.19. The lowest BCUT2D eigenvalue weighted by atomic mass is 10.0.